The van der Waals surface area contributed by atoms with Gasteiger partial charge in [-0.25, -0.2) is 9.68 Å². The molecule has 0 saturated carbocycles. The molecule has 0 radical (unpaired) electrons. The Morgan fingerprint density at radius 3 is 2.54 bits per heavy atom. The van der Waals surface area contributed by atoms with Crippen molar-refractivity contribution < 1.29 is 37.3 Å². The van der Waals surface area contributed by atoms with Crippen LogP contribution in [0.25, 0.3) is 0 Å². The van der Waals surface area contributed by atoms with Crippen molar-refractivity contribution in [3.05, 3.63) is 95.1 Å². The number of fused-ring (bicyclic) bond motifs is 1. The van der Waals surface area contributed by atoms with E-state index in [1.54, 1.807) is 18.2 Å². The summed E-state index contributed by atoms with van der Waals surface area (Å²) in [4.78, 5) is 35.0. The Morgan fingerprint density at radius 2 is 1.77 bits per heavy atom. The molecule has 0 fully saturated rings. The van der Waals surface area contributed by atoms with Crippen molar-refractivity contribution in [2.75, 3.05) is 13.2 Å². The highest BCUT2D eigenvalue weighted by Gasteiger charge is 2.31. The fraction of sp³-hybridized carbons (Fsp3) is 0.231. The summed E-state index contributed by atoms with van der Waals surface area (Å²) < 4.78 is 44.0. The number of alkyl halides is 3. The van der Waals surface area contributed by atoms with E-state index >= 15 is 0 Å². The number of carbonyl (C=O) groups excluding carboxylic acids is 2. The molecule has 1 atom stereocenters. The van der Waals surface area contributed by atoms with E-state index in [9.17, 15) is 22.8 Å². The van der Waals surface area contributed by atoms with Crippen LogP contribution in [0.5, 0.6) is 11.5 Å². The highest BCUT2D eigenvalue weighted by molar-refractivity contribution is 5.94. The van der Waals surface area contributed by atoms with Crippen LogP contribution in [0.4, 0.5) is 13.2 Å². The maximum Gasteiger partial charge on any atom is 0.416 e. The van der Waals surface area contributed by atoms with Gasteiger partial charge in [-0.05, 0) is 54.8 Å². The molecule has 3 aromatic carbocycles. The number of nitrogens with one attached hydrogen (secondary N) is 1. The predicted octanol–water partition coefficient (Wildman–Crippen LogP) is 5.08. The Morgan fingerprint density at radius 1 is 1.00 bits per heavy atom. The smallest absolute Gasteiger partial charge is 0.416 e. The number of halogens is 3. The minimum absolute atomic E-state index is 0.169. The standard InChI is InChI=1S/C26H22F3NO5/c27-26(28,29)19-5-3-4-17(16-19)12-14-30-24(31)18-8-10-20(11-9-18)34-35-25(32)22-13-15-33-23-7-2-1-6-21(22)23/h1-11,16,22H,12-15H2,(H,30,31). The molecule has 9 heteroatoms. The summed E-state index contributed by atoms with van der Waals surface area (Å²) >= 11 is 0. The van der Waals surface area contributed by atoms with Gasteiger partial charge in [-0.2, -0.15) is 13.2 Å². The Kier molecular flexibility index (Phi) is 7.24. The molecule has 0 spiro atoms. The summed E-state index contributed by atoms with van der Waals surface area (Å²) in [7, 11) is 0. The second-order valence-corrected chi connectivity index (χ2v) is 7.94. The highest BCUT2D eigenvalue weighted by atomic mass is 19.4. The highest BCUT2D eigenvalue weighted by Crippen LogP contribution is 2.34. The summed E-state index contributed by atoms with van der Waals surface area (Å²) in [5.41, 5.74) is 0.812. The van der Waals surface area contributed by atoms with Crippen molar-refractivity contribution in [2.45, 2.75) is 24.9 Å². The molecular weight excluding hydrogens is 463 g/mol. The largest absolute Gasteiger partial charge is 0.493 e. The van der Waals surface area contributed by atoms with Crippen LogP contribution in [0.15, 0.2) is 72.8 Å². The molecule has 0 saturated heterocycles. The molecule has 0 aliphatic carbocycles. The number of ether oxygens (including phenoxy) is 1. The fourth-order valence-electron chi connectivity index (χ4n) is 3.72. The second-order valence-electron chi connectivity index (χ2n) is 7.94. The van der Waals surface area contributed by atoms with E-state index in [1.165, 1.54) is 30.3 Å². The molecule has 35 heavy (non-hydrogen) atoms. The molecule has 1 amide bonds. The van der Waals surface area contributed by atoms with E-state index in [1.807, 2.05) is 12.1 Å². The Bertz CT molecular complexity index is 1190. The molecule has 3 aromatic rings. The van der Waals surface area contributed by atoms with Crippen molar-refractivity contribution in [2.24, 2.45) is 0 Å². The lowest BCUT2D eigenvalue weighted by Crippen LogP contribution is -2.25. The van der Waals surface area contributed by atoms with Crippen LogP contribution in [0, 0.1) is 0 Å². The molecular formula is C26H22F3NO5. The normalized spacial score (nSPS) is 14.9. The van der Waals surface area contributed by atoms with E-state index in [4.69, 9.17) is 14.5 Å². The quantitative estimate of drug-likeness (QED) is 0.373. The number of carbonyl (C=O) groups is 2. The lowest BCUT2D eigenvalue weighted by molar-refractivity contribution is -0.216. The van der Waals surface area contributed by atoms with Crippen molar-refractivity contribution in [3.63, 3.8) is 0 Å². The first-order valence-electron chi connectivity index (χ1n) is 11.0. The lowest BCUT2D eigenvalue weighted by Gasteiger charge is -2.23. The maximum atomic E-state index is 12.8. The third-order valence-electron chi connectivity index (χ3n) is 5.53. The number of rotatable bonds is 7. The zero-order chi connectivity index (χ0) is 24.8. The Labute approximate surface area is 199 Å². The van der Waals surface area contributed by atoms with Gasteiger partial charge in [0, 0.05) is 17.7 Å². The van der Waals surface area contributed by atoms with E-state index < -0.39 is 23.6 Å². The minimum atomic E-state index is -4.41. The van der Waals surface area contributed by atoms with Gasteiger partial charge in [-0.3, -0.25) is 9.68 Å². The minimum Gasteiger partial charge on any atom is -0.493 e. The van der Waals surface area contributed by atoms with Gasteiger partial charge in [0.25, 0.3) is 5.91 Å². The van der Waals surface area contributed by atoms with Crippen LogP contribution >= 0.6 is 0 Å². The third-order valence-corrected chi connectivity index (χ3v) is 5.53. The molecule has 1 aliphatic heterocycles. The first-order chi connectivity index (χ1) is 16.8. The van der Waals surface area contributed by atoms with Gasteiger partial charge in [-0.1, -0.05) is 36.4 Å². The average Bonchev–Trinajstić information content (AvgIpc) is 2.87. The summed E-state index contributed by atoms with van der Waals surface area (Å²) in [6.45, 7) is 0.566. The van der Waals surface area contributed by atoms with Gasteiger partial charge >= 0.3 is 12.1 Å². The van der Waals surface area contributed by atoms with Crippen molar-refractivity contribution in [1.82, 2.24) is 5.32 Å². The molecule has 1 heterocycles. The van der Waals surface area contributed by atoms with Crippen molar-refractivity contribution in [3.8, 4) is 11.5 Å². The van der Waals surface area contributed by atoms with Gasteiger partial charge in [0.1, 0.15) is 5.75 Å². The van der Waals surface area contributed by atoms with Crippen LogP contribution < -0.4 is 14.9 Å². The van der Waals surface area contributed by atoms with E-state index in [0.29, 0.717) is 29.9 Å². The Hall–Kier alpha value is -4.01. The number of amides is 1. The number of hydrogen-bond donors (Lipinski definition) is 1. The number of benzene rings is 3. The monoisotopic (exact) mass is 485 g/mol. The zero-order valence-electron chi connectivity index (χ0n) is 18.5. The molecule has 4 rings (SSSR count). The predicted molar refractivity (Wildman–Crippen MR) is 120 cm³/mol. The fourth-order valence-corrected chi connectivity index (χ4v) is 3.72. The van der Waals surface area contributed by atoms with E-state index in [0.717, 1.165) is 17.7 Å². The average molecular weight is 485 g/mol. The molecule has 182 valence electrons. The van der Waals surface area contributed by atoms with Gasteiger partial charge < -0.3 is 10.1 Å². The van der Waals surface area contributed by atoms with E-state index in [-0.39, 0.29) is 24.6 Å². The van der Waals surface area contributed by atoms with Crippen molar-refractivity contribution in [1.29, 1.82) is 0 Å². The van der Waals surface area contributed by atoms with Gasteiger partial charge in [-0.15, -0.1) is 0 Å². The number of hydrogen-bond acceptors (Lipinski definition) is 5. The molecule has 1 N–H and O–H groups in total. The van der Waals surface area contributed by atoms with Crippen LogP contribution in [0.1, 0.15) is 39.4 Å². The first-order valence-corrected chi connectivity index (χ1v) is 11.0. The summed E-state index contributed by atoms with van der Waals surface area (Å²) in [6, 6.07) is 18.2. The first kappa shape index (κ1) is 24.1. The van der Waals surface area contributed by atoms with Gasteiger partial charge in [0.15, 0.2) is 5.75 Å². The molecule has 0 bridgehead atoms. The summed E-state index contributed by atoms with van der Waals surface area (Å²) in [6.07, 6.45) is -3.69. The third kappa shape index (κ3) is 6.11. The molecule has 6 nitrogen and oxygen atoms in total. The SMILES string of the molecule is O=C(NCCc1cccc(C(F)(F)F)c1)c1ccc(OOC(=O)C2CCOc3ccccc32)cc1. The zero-order valence-corrected chi connectivity index (χ0v) is 18.5. The lowest BCUT2D eigenvalue weighted by atomic mass is 9.93. The van der Waals surface area contributed by atoms with Crippen LogP contribution in [-0.4, -0.2) is 25.0 Å². The Balaban J connectivity index is 1.26. The molecule has 0 aromatic heterocycles. The van der Waals surface area contributed by atoms with Gasteiger partial charge in [0.2, 0.25) is 0 Å². The second kappa shape index (κ2) is 10.5. The van der Waals surface area contributed by atoms with Crippen LogP contribution in [0.2, 0.25) is 0 Å². The number of para-hydroxylation sites is 1. The summed E-state index contributed by atoms with van der Waals surface area (Å²) in [5.74, 6) is -0.554. The molecule has 1 aliphatic rings. The van der Waals surface area contributed by atoms with Crippen LogP contribution in [0.3, 0.4) is 0 Å². The van der Waals surface area contributed by atoms with E-state index in [2.05, 4.69) is 5.32 Å². The van der Waals surface area contributed by atoms with Crippen molar-refractivity contribution >= 4 is 11.9 Å². The summed E-state index contributed by atoms with van der Waals surface area (Å²) in [5, 5.41) is 2.67. The maximum absolute atomic E-state index is 12.8. The van der Waals surface area contributed by atoms with Gasteiger partial charge in [0.05, 0.1) is 18.1 Å². The topological polar surface area (TPSA) is 73.9 Å². The van der Waals surface area contributed by atoms with Crippen LogP contribution in [-0.2, 0) is 22.3 Å². The molecule has 1 unspecified atom stereocenters.